The number of anilines is 1. The Kier molecular flexibility index (Phi) is 7.88. The number of carbonyl (C=O) groups is 1. The summed E-state index contributed by atoms with van der Waals surface area (Å²) in [5.41, 5.74) is 3.61. The normalized spacial score (nSPS) is 17.5. The first-order chi connectivity index (χ1) is 19.7. The van der Waals surface area contributed by atoms with Gasteiger partial charge in [0.1, 0.15) is 23.5 Å². The molecule has 0 unspecified atom stereocenters. The van der Waals surface area contributed by atoms with Crippen LogP contribution in [-0.4, -0.2) is 81.7 Å². The third-order valence-electron chi connectivity index (χ3n) is 8.19. The Labute approximate surface area is 240 Å². The molecule has 8 nitrogen and oxygen atoms in total. The lowest BCUT2D eigenvalue weighted by Crippen LogP contribution is -2.47. The van der Waals surface area contributed by atoms with Crippen LogP contribution in [-0.2, 0) is 24.3 Å². The molecule has 0 atom stereocenters. The van der Waals surface area contributed by atoms with Crippen LogP contribution in [0.2, 0.25) is 0 Å². The standard InChI is InChI=1S/C29H34F3N7OS/c1-19-20(2-3-25-23(19)6-11-39(25)17-26(40)38-12-7-33-8-13-38)16-37-9-4-21(5-10-37)36-27-24-14-22(15-29(30,31)32)41-28(24)35-18-34-27/h2-3,6,11,14,18,21,33H,4-5,7-10,12-13,15-17H2,1H3,(H,34,35,36). The Morgan fingerprint density at radius 2 is 1.88 bits per heavy atom. The summed E-state index contributed by atoms with van der Waals surface area (Å²) in [4.78, 5) is 26.5. The second-order valence-electron chi connectivity index (χ2n) is 11.0. The van der Waals surface area contributed by atoms with Crippen molar-refractivity contribution >= 4 is 44.2 Å². The molecule has 0 aliphatic carbocycles. The molecule has 2 aliphatic heterocycles. The summed E-state index contributed by atoms with van der Waals surface area (Å²) in [5, 5.41) is 8.60. The number of aromatic nitrogens is 3. The predicted octanol–water partition coefficient (Wildman–Crippen LogP) is 4.57. The molecular weight excluding hydrogens is 551 g/mol. The van der Waals surface area contributed by atoms with E-state index in [4.69, 9.17) is 0 Å². The Hall–Kier alpha value is -3.22. The van der Waals surface area contributed by atoms with Gasteiger partial charge < -0.3 is 20.1 Å². The number of rotatable bonds is 7. The zero-order chi connectivity index (χ0) is 28.6. The number of thiophene rings is 1. The summed E-state index contributed by atoms with van der Waals surface area (Å²) in [6.07, 6.45) is 0.0684. The Balaban J connectivity index is 1.06. The first-order valence-corrected chi connectivity index (χ1v) is 14.9. The first kappa shape index (κ1) is 27.9. The van der Waals surface area contributed by atoms with E-state index in [1.807, 2.05) is 11.1 Å². The molecule has 0 spiro atoms. The molecule has 0 bridgehead atoms. The van der Waals surface area contributed by atoms with Crippen LogP contribution in [0.15, 0.2) is 36.8 Å². The maximum absolute atomic E-state index is 12.9. The average Bonchev–Trinajstić information content (AvgIpc) is 3.55. The molecule has 2 saturated heterocycles. The number of hydrogen-bond donors (Lipinski definition) is 2. The Bertz CT molecular complexity index is 1530. The van der Waals surface area contributed by atoms with E-state index in [1.54, 1.807) is 6.07 Å². The van der Waals surface area contributed by atoms with Gasteiger partial charge in [-0.2, -0.15) is 13.2 Å². The van der Waals surface area contributed by atoms with Crippen LogP contribution in [0.5, 0.6) is 0 Å². The van der Waals surface area contributed by atoms with Crippen LogP contribution >= 0.6 is 11.3 Å². The zero-order valence-corrected chi connectivity index (χ0v) is 23.8. The van der Waals surface area contributed by atoms with Crippen molar-refractivity contribution in [3.63, 3.8) is 0 Å². The first-order valence-electron chi connectivity index (χ1n) is 14.1. The van der Waals surface area contributed by atoms with Crippen molar-refractivity contribution in [2.24, 2.45) is 0 Å². The molecule has 0 radical (unpaired) electrons. The average molecular weight is 586 g/mol. The second-order valence-corrected chi connectivity index (χ2v) is 12.1. The highest BCUT2D eigenvalue weighted by Gasteiger charge is 2.29. The largest absolute Gasteiger partial charge is 0.393 e. The fourth-order valence-corrected chi connectivity index (χ4v) is 6.94. The van der Waals surface area contributed by atoms with Gasteiger partial charge in [0.05, 0.1) is 11.8 Å². The summed E-state index contributed by atoms with van der Waals surface area (Å²) in [5.74, 6) is 0.769. The van der Waals surface area contributed by atoms with Gasteiger partial charge in [-0.3, -0.25) is 9.69 Å². The third-order valence-corrected chi connectivity index (χ3v) is 9.23. The molecular formula is C29H34F3N7OS. The van der Waals surface area contributed by atoms with Gasteiger partial charge in [-0.25, -0.2) is 9.97 Å². The number of nitrogens with zero attached hydrogens (tertiary/aromatic N) is 5. The zero-order valence-electron chi connectivity index (χ0n) is 23.0. The molecule has 2 aliphatic rings. The smallest absolute Gasteiger partial charge is 0.367 e. The maximum Gasteiger partial charge on any atom is 0.393 e. The number of hydrogen-bond acceptors (Lipinski definition) is 7. The molecule has 2 N–H and O–H groups in total. The SMILES string of the molecule is Cc1c(CN2CCC(Nc3ncnc4sc(CC(F)(F)F)cc34)CC2)ccc2c1ccn2CC(=O)N1CCNCC1. The number of alkyl halides is 3. The molecule has 3 aromatic heterocycles. The van der Waals surface area contributed by atoms with Crippen molar-refractivity contribution < 1.29 is 18.0 Å². The number of halogens is 3. The van der Waals surface area contributed by atoms with Gasteiger partial charge in [0.2, 0.25) is 5.91 Å². The minimum atomic E-state index is -4.24. The van der Waals surface area contributed by atoms with Crippen molar-refractivity contribution in [1.29, 1.82) is 0 Å². The lowest BCUT2D eigenvalue weighted by atomic mass is 10.0. The van der Waals surface area contributed by atoms with Gasteiger partial charge in [-0.1, -0.05) is 6.07 Å². The number of nitrogens with one attached hydrogen (secondary N) is 2. The molecule has 41 heavy (non-hydrogen) atoms. The number of amides is 1. The molecule has 0 saturated carbocycles. The van der Waals surface area contributed by atoms with Gasteiger partial charge in [0.15, 0.2) is 0 Å². The Morgan fingerprint density at radius 1 is 1.10 bits per heavy atom. The van der Waals surface area contributed by atoms with Crippen LogP contribution in [0.1, 0.15) is 28.8 Å². The van der Waals surface area contributed by atoms with E-state index in [2.05, 4.69) is 55.2 Å². The third kappa shape index (κ3) is 6.34. The summed E-state index contributed by atoms with van der Waals surface area (Å²) in [6, 6.07) is 8.19. The van der Waals surface area contributed by atoms with E-state index in [9.17, 15) is 18.0 Å². The summed E-state index contributed by atoms with van der Waals surface area (Å²) in [7, 11) is 0. The number of piperidine rings is 1. The second kappa shape index (κ2) is 11.6. The van der Waals surface area contributed by atoms with Crippen LogP contribution in [0, 0.1) is 6.92 Å². The van der Waals surface area contributed by atoms with Crippen LogP contribution in [0.3, 0.4) is 0 Å². The summed E-state index contributed by atoms with van der Waals surface area (Å²) < 4.78 is 40.7. The minimum Gasteiger partial charge on any atom is -0.367 e. The molecule has 218 valence electrons. The number of fused-ring (bicyclic) bond motifs is 2. The molecule has 2 fully saturated rings. The van der Waals surface area contributed by atoms with Gasteiger partial charge in [-0.05, 0) is 49.1 Å². The lowest BCUT2D eigenvalue weighted by molar-refractivity contribution is -0.132. The fourth-order valence-electron chi connectivity index (χ4n) is 5.91. The molecule has 12 heteroatoms. The molecule has 5 heterocycles. The maximum atomic E-state index is 12.9. The highest BCUT2D eigenvalue weighted by molar-refractivity contribution is 7.18. The van der Waals surface area contributed by atoms with E-state index in [0.717, 1.165) is 75.5 Å². The molecule has 1 amide bonds. The minimum absolute atomic E-state index is 0.158. The van der Waals surface area contributed by atoms with Crippen molar-refractivity contribution in [1.82, 2.24) is 29.7 Å². The lowest BCUT2D eigenvalue weighted by Gasteiger charge is -2.33. The van der Waals surface area contributed by atoms with Crippen molar-refractivity contribution in [3.8, 4) is 0 Å². The summed E-state index contributed by atoms with van der Waals surface area (Å²) in [6.45, 7) is 8.39. The molecule has 1 aromatic carbocycles. The van der Waals surface area contributed by atoms with Gasteiger partial charge >= 0.3 is 6.18 Å². The van der Waals surface area contributed by atoms with E-state index >= 15 is 0 Å². The highest BCUT2D eigenvalue weighted by atomic mass is 32.1. The number of piperazine rings is 1. The topological polar surface area (TPSA) is 78.3 Å². The van der Waals surface area contributed by atoms with Crippen molar-refractivity contribution in [2.75, 3.05) is 44.6 Å². The number of carbonyl (C=O) groups excluding carboxylic acids is 1. The van der Waals surface area contributed by atoms with E-state index in [-0.39, 0.29) is 16.8 Å². The van der Waals surface area contributed by atoms with Gasteiger partial charge in [0, 0.05) is 73.8 Å². The van der Waals surface area contributed by atoms with Crippen LogP contribution in [0.4, 0.5) is 19.0 Å². The number of likely N-dealkylation sites (tertiary alicyclic amines) is 1. The van der Waals surface area contributed by atoms with Crippen LogP contribution < -0.4 is 10.6 Å². The Morgan fingerprint density at radius 3 is 2.63 bits per heavy atom. The van der Waals surface area contributed by atoms with Gasteiger partial charge in [-0.15, -0.1) is 11.3 Å². The van der Waals surface area contributed by atoms with E-state index in [1.165, 1.54) is 22.8 Å². The van der Waals surface area contributed by atoms with E-state index < -0.39 is 12.6 Å². The predicted molar refractivity (Wildman–Crippen MR) is 155 cm³/mol. The summed E-state index contributed by atoms with van der Waals surface area (Å²) >= 11 is 1.07. The van der Waals surface area contributed by atoms with Gasteiger partial charge in [0.25, 0.3) is 0 Å². The van der Waals surface area contributed by atoms with Crippen molar-refractivity contribution in [3.05, 3.63) is 52.8 Å². The fraction of sp³-hybridized carbons (Fsp3) is 0.483. The number of aryl methyl sites for hydroxylation is 1. The van der Waals surface area contributed by atoms with Crippen molar-refractivity contribution in [2.45, 2.75) is 51.5 Å². The monoisotopic (exact) mass is 585 g/mol. The highest BCUT2D eigenvalue weighted by Crippen LogP contribution is 2.33. The number of benzene rings is 1. The quantitative estimate of drug-likeness (QED) is 0.331. The van der Waals surface area contributed by atoms with Crippen LogP contribution in [0.25, 0.3) is 21.1 Å². The molecule has 6 rings (SSSR count). The molecule has 4 aromatic rings. The van der Waals surface area contributed by atoms with E-state index in [0.29, 0.717) is 22.6 Å².